The number of ether oxygens (including phenoxy) is 3. The van der Waals surface area contributed by atoms with Gasteiger partial charge in [0.1, 0.15) is 18.3 Å². The number of fused-ring (bicyclic) bond motifs is 1. The van der Waals surface area contributed by atoms with Crippen molar-refractivity contribution < 1.29 is 19.0 Å². The van der Waals surface area contributed by atoms with Gasteiger partial charge in [-0.15, -0.1) is 6.58 Å². The Balaban J connectivity index is 1.48. The highest BCUT2D eigenvalue weighted by Crippen LogP contribution is 2.40. The zero-order chi connectivity index (χ0) is 16.2. The molecule has 1 aromatic rings. The van der Waals surface area contributed by atoms with Gasteiger partial charge in [0, 0.05) is 12.2 Å². The Morgan fingerprint density at radius 2 is 2.09 bits per heavy atom. The molecule has 4 rings (SSSR count). The van der Waals surface area contributed by atoms with Crippen molar-refractivity contribution in [2.75, 3.05) is 11.4 Å². The van der Waals surface area contributed by atoms with Crippen LogP contribution >= 0.6 is 0 Å². The third-order valence-corrected chi connectivity index (χ3v) is 4.64. The molecule has 23 heavy (non-hydrogen) atoms. The van der Waals surface area contributed by atoms with Crippen LogP contribution in [0.25, 0.3) is 0 Å². The molecule has 1 aromatic carbocycles. The average Bonchev–Trinajstić information content (AvgIpc) is 3.10. The van der Waals surface area contributed by atoms with Crippen molar-refractivity contribution in [2.45, 2.75) is 50.5 Å². The number of para-hydroxylation sites is 1. The highest BCUT2D eigenvalue weighted by Gasteiger charge is 2.58. The van der Waals surface area contributed by atoms with Gasteiger partial charge in [-0.25, -0.2) is 0 Å². The molecule has 1 amide bonds. The van der Waals surface area contributed by atoms with Crippen molar-refractivity contribution in [1.29, 1.82) is 0 Å². The first-order chi connectivity index (χ1) is 11.0. The van der Waals surface area contributed by atoms with E-state index in [-0.39, 0.29) is 24.2 Å². The topological polar surface area (TPSA) is 51.3 Å². The second-order valence-corrected chi connectivity index (χ2v) is 6.69. The molecule has 2 fully saturated rings. The molecule has 0 spiro atoms. The minimum Gasteiger partial charge on any atom is -0.356 e. The second-order valence-electron chi connectivity index (χ2n) is 6.69. The normalized spacial score (nSPS) is 34.3. The Morgan fingerprint density at radius 3 is 2.87 bits per heavy atom. The van der Waals surface area contributed by atoms with Gasteiger partial charge in [-0.3, -0.25) is 4.79 Å². The largest absolute Gasteiger partial charge is 0.356 e. The number of epoxide rings is 1. The van der Waals surface area contributed by atoms with E-state index in [9.17, 15) is 4.79 Å². The Hall–Kier alpha value is -1.69. The second kappa shape index (κ2) is 5.16. The molecule has 0 aliphatic carbocycles. The van der Waals surface area contributed by atoms with E-state index in [4.69, 9.17) is 14.2 Å². The maximum atomic E-state index is 12.8. The Bertz CT molecular complexity index is 656. The number of rotatable bonds is 3. The van der Waals surface area contributed by atoms with Crippen LogP contribution in [0.15, 0.2) is 36.9 Å². The number of hydrogen-bond acceptors (Lipinski definition) is 4. The standard InChI is InChI=1S/C18H21NO4/c1-4-13-14(23-18(2,3)22-13)15-16(21-15)17(20)19-10-9-11-7-5-6-8-12(11)19/h4-8,13-16H,1,9-10H2,2-3H3/t13-,14+,15+,16-/m1/s1. The van der Waals surface area contributed by atoms with Gasteiger partial charge in [0.15, 0.2) is 11.9 Å². The number of anilines is 1. The molecule has 0 saturated carbocycles. The fourth-order valence-electron chi connectivity index (χ4n) is 3.55. The van der Waals surface area contributed by atoms with Gasteiger partial charge in [-0.05, 0) is 31.9 Å². The SMILES string of the molecule is C=C[C@H]1OC(C)(C)O[C@@H]1[C@@H]1O[C@H]1C(=O)N1CCc2ccccc21. The van der Waals surface area contributed by atoms with E-state index in [0.29, 0.717) is 6.54 Å². The third kappa shape index (κ3) is 2.49. The quantitative estimate of drug-likeness (QED) is 0.633. The summed E-state index contributed by atoms with van der Waals surface area (Å²) in [4.78, 5) is 14.6. The molecule has 5 nitrogen and oxygen atoms in total. The molecule has 0 N–H and O–H groups in total. The van der Waals surface area contributed by atoms with Crippen molar-refractivity contribution >= 4 is 11.6 Å². The van der Waals surface area contributed by atoms with Gasteiger partial charge in [0.25, 0.3) is 5.91 Å². The van der Waals surface area contributed by atoms with Crippen LogP contribution < -0.4 is 4.90 Å². The highest BCUT2D eigenvalue weighted by atomic mass is 16.8. The first kappa shape index (κ1) is 14.9. The van der Waals surface area contributed by atoms with E-state index >= 15 is 0 Å². The van der Waals surface area contributed by atoms with Gasteiger partial charge in [0.05, 0.1) is 0 Å². The van der Waals surface area contributed by atoms with Gasteiger partial charge in [-0.1, -0.05) is 24.3 Å². The van der Waals surface area contributed by atoms with Gasteiger partial charge in [-0.2, -0.15) is 0 Å². The summed E-state index contributed by atoms with van der Waals surface area (Å²) in [5.41, 5.74) is 2.21. The van der Waals surface area contributed by atoms with Crippen LogP contribution in [0.2, 0.25) is 0 Å². The molecule has 4 atom stereocenters. The van der Waals surface area contributed by atoms with E-state index in [1.807, 2.05) is 36.9 Å². The lowest BCUT2D eigenvalue weighted by molar-refractivity contribution is -0.144. The minimum atomic E-state index is -0.677. The number of carbonyl (C=O) groups is 1. The highest BCUT2D eigenvalue weighted by molar-refractivity contribution is 6.00. The summed E-state index contributed by atoms with van der Waals surface area (Å²) in [6.45, 7) is 8.22. The van der Waals surface area contributed by atoms with Gasteiger partial charge >= 0.3 is 0 Å². The minimum absolute atomic E-state index is 0.0102. The Kier molecular flexibility index (Phi) is 3.34. The number of nitrogens with zero attached hydrogens (tertiary/aromatic N) is 1. The summed E-state index contributed by atoms with van der Waals surface area (Å²) in [5, 5.41) is 0. The van der Waals surface area contributed by atoms with Crippen LogP contribution in [0, 0.1) is 0 Å². The summed E-state index contributed by atoms with van der Waals surface area (Å²) in [6.07, 6.45) is 1.36. The first-order valence-corrected chi connectivity index (χ1v) is 8.03. The van der Waals surface area contributed by atoms with Crippen molar-refractivity contribution in [3.05, 3.63) is 42.5 Å². The maximum absolute atomic E-state index is 12.8. The van der Waals surface area contributed by atoms with Crippen LogP contribution in [0.4, 0.5) is 5.69 Å². The molecule has 3 aliphatic rings. The van der Waals surface area contributed by atoms with E-state index in [2.05, 4.69) is 12.6 Å². The van der Waals surface area contributed by atoms with Crippen LogP contribution in [-0.4, -0.2) is 42.7 Å². The summed E-state index contributed by atoms with van der Waals surface area (Å²) in [6, 6.07) is 8.02. The van der Waals surface area contributed by atoms with Crippen molar-refractivity contribution in [3.8, 4) is 0 Å². The number of hydrogen-bond donors (Lipinski definition) is 0. The average molecular weight is 315 g/mol. The van der Waals surface area contributed by atoms with Crippen LogP contribution in [-0.2, 0) is 25.4 Å². The summed E-state index contributed by atoms with van der Waals surface area (Å²) < 4.78 is 17.3. The number of carbonyl (C=O) groups excluding carboxylic acids is 1. The number of benzene rings is 1. The molecule has 0 unspecified atom stereocenters. The van der Waals surface area contributed by atoms with Crippen molar-refractivity contribution in [1.82, 2.24) is 0 Å². The summed E-state index contributed by atoms with van der Waals surface area (Å²) in [5.74, 6) is -0.667. The Morgan fingerprint density at radius 1 is 1.30 bits per heavy atom. The smallest absolute Gasteiger partial charge is 0.258 e. The Labute approximate surface area is 135 Å². The molecular weight excluding hydrogens is 294 g/mol. The maximum Gasteiger partial charge on any atom is 0.258 e. The zero-order valence-electron chi connectivity index (χ0n) is 13.4. The lowest BCUT2D eigenvalue weighted by atomic mass is 10.1. The molecule has 5 heteroatoms. The molecule has 0 aromatic heterocycles. The van der Waals surface area contributed by atoms with Crippen LogP contribution in [0.5, 0.6) is 0 Å². The molecule has 3 aliphatic heterocycles. The van der Waals surface area contributed by atoms with E-state index in [0.717, 1.165) is 12.1 Å². The van der Waals surface area contributed by atoms with Crippen molar-refractivity contribution in [3.63, 3.8) is 0 Å². The number of amides is 1. The lowest BCUT2D eigenvalue weighted by Crippen LogP contribution is -2.37. The molecule has 3 heterocycles. The van der Waals surface area contributed by atoms with Crippen molar-refractivity contribution in [2.24, 2.45) is 0 Å². The van der Waals surface area contributed by atoms with E-state index < -0.39 is 11.9 Å². The van der Waals surface area contributed by atoms with E-state index in [1.54, 1.807) is 6.08 Å². The summed E-state index contributed by atoms with van der Waals surface area (Å²) in [7, 11) is 0. The van der Waals surface area contributed by atoms with Gasteiger partial charge in [0.2, 0.25) is 0 Å². The predicted molar refractivity (Wildman–Crippen MR) is 85.2 cm³/mol. The summed E-state index contributed by atoms with van der Waals surface area (Å²) >= 11 is 0. The van der Waals surface area contributed by atoms with Crippen LogP contribution in [0.1, 0.15) is 19.4 Å². The molecule has 2 saturated heterocycles. The third-order valence-electron chi connectivity index (χ3n) is 4.64. The molecule has 0 radical (unpaired) electrons. The molecule has 0 bridgehead atoms. The lowest BCUT2D eigenvalue weighted by Gasteiger charge is -2.17. The zero-order valence-corrected chi connectivity index (χ0v) is 13.4. The first-order valence-electron chi connectivity index (χ1n) is 8.03. The van der Waals surface area contributed by atoms with Gasteiger partial charge < -0.3 is 19.1 Å². The fourth-order valence-corrected chi connectivity index (χ4v) is 3.55. The predicted octanol–water partition coefficient (Wildman–Crippen LogP) is 2.05. The van der Waals surface area contributed by atoms with Crippen LogP contribution in [0.3, 0.4) is 0 Å². The molecular formula is C18H21NO4. The monoisotopic (exact) mass is 315 g/mol. The van der Waals surface area contributed by atoms with E-state index in [1.165, 1.54) is 5.56 Å². The fraction of sp³-hybridized carbons (Fsp3) is 0.500. The molecule has 122 valence electrons.